The zero-order valence-electron chi connectivity index (χ0n) is 32.8. The summed E-state index contributed by atoms with van der Waals surface area (Å²) in [6.45, 7) is 0. The Morgan fingerprint density at radius 2 is 1.08 bits per heavy atom. The number of aromatic nitrogens is 4. The number of ether oxygens (including phenoxy) is 2. The highest BCUT2D eigenvalue weighted by atomic mass is 35.5. The lowest BCUT2D eigenvalue weighted by Crippen LogP contribution is -2.54. The summed E-state index contributed by atoms with van der Waals surface area (Å²) in [5.41, 5.74) is -4.19. The minimum atomic E-state index is -5.20. The summed E-state index contributed by atoms with van der Waals surface area (Å²) in [5.74, 6) is -5.29. The number of amides is 4. The lowest BCUT2D eigenvalue weighted by Gasteiger charge is -2.35. The largest absolute Gasteiger partial charge is 0.457 e. The van der Waals surface area contributed by atoms with Gasteiger partial charge in [-0.3, -0.25) is 19.9 Å². The molecule has 22 heteroatoms. The molecule has 0 unspecified atom stereocenters. The molecule has 0 bridgehead atoms. The molecule has 2 heterocycles. The summed E-state index contributed by atoms with van der Waals surface area (Å²) in [4.78, 5) is 45.3. The van der Waals surface area contributed by atoms with E-state index in [9.17, 15) is 35.9 Å². The van der Waals surface area contributed by atoms with Gasteiger partial charge in [0.2, 0.25) is 0 Å². The van der Waals surface area contributed by atoms with E-state index < -0.39 is 86.5 Å². The average Bonchev–Trinajstić information content (AvgIpc) is 3.26. The van der Waals surface area contributed by atoms with E-state index >= 15 is 13.2 Å². The molecule has 66 heavy (non-hydrogen) atoms. The second-order valence-electron chi connectivity index (χ2n) is 13.7. The zero-order valence-corrected chi connectivity index (χ0v) is 33.6. The van der Waals surface area contributed by atoms with E-state index in [2.05, 4.69) is 30.6 Å². The molecule has 0 atom stereocenters. The highest BCUT2D eigenvalue weighted by molar-refractivity contribution is 6.31. The first-order chi connectivity index (χ1) is 31.4. The zero-order chi connectivity index (χ0) is 46.9. The Morgan fingerprint density at radius 1 is 0.530 bits per heavy atom. The molecule has 0 radical (unpaired) electrons. The van der Waals surface area contributed by atoms with Crippen LogP contribution in [0, 0.1) is 17.5 Å². The minimum absolute atomic E-state index is 0.0700. The summed E-state index contributed by atoms with van der Waals surface area (Å²) in [6, 6.07) is 14.1. The number of anilines is 4. The Kier molecular flexibility index (Phi) is 11.9. The molecule has 0 aliphatic carbocycles. The van der Waals surface area contributed by atoms with Gasteiger partial charge in [0.25, 0.3) is 0 Å². The summed E-state index contributed by atoms with van der Waals surface area (Å²) in [5, 5.41) is 3.56. The van der Waals surface area contributed by atoms with Crippen molar-refractivity contribution in [2.75, 3.05) is 20.7 Å². The Labute approximate surface area is 369 Å². The molecule has 2 N–H and O–H groups in total. The smallest absolute Gasteiger partial charge is 0.417 e. The van der Waals surface area contributed by atoms with Gasteiger partial charge in [0.15, 0.2) is 23.2 Å². The lowest BCUT2D eigenvalue weighted by atomic mass is 10.2. The standard InChI is InChI=1S/C44H24ClF9N8O4/c45-31-8-4-26(19-30(31)44(52,53)54)61(41(63)60-25-17-33(47)40(34(48)18-25)66-29-6-10-36-38(22-29)58-15-13-56-36)62(42(64)59-24-3-1-2-23(16-24)43(49,50)51)39-11-7-27(20-32(39)46)65-28-5-9-35-37(21-28)57-14-12-55-35/h1-22H,(H,59,64)(H,60,63). The number of nitrogens with one attached hydrogen (secondary N) is 2. The van der Waals surface area contributed by atoms with Crippen molar-refractivity contribution in [3.8, 4) is 23.0 Å². The van der Waals surface area contributed by atoms with Crippen molar-refractivity contribution in [3.05, 3.63) is 168 Å². The molecule has 334 valence electrons. The van der Waals surface area contributed by atoms with Gasteiger partial charge in [-0.1, -0.05) is 17.7 Å². The van der Waals surface area contributed by atoms with E-state index in [1.165, 1.54) is 55.1 Å². The predicted octanol–water partition coefficient (Wildman–Crippen LogP) is 13.0. The van der Waals surface area contributed by atoms with E-state index in [-0.39, 0.29) is 27.3 Å². The number of fused-ring (bicyclic) bond motifs is 2. The minimum Gasteiger partial charge on any atom is -0.457 e. The van der Waals surface area contributed by atoms with Crippen LogP contribution >= 0.6 is 11.6 Å². The van der Waals surface area contributed by atoms with Gasteiger partial charge in [0.05, 0.1) is 43.9 Å². The van der Waals surface area contributed by atoms with Crippen molar-refractivity contribution >= 4 is 68.5 Å². The molecule has 0 saturated heterocycles. The van der Waals surface area contributed by atoms with Gasteiger partial charge in [0.1, 0.15) is 22.9 Å². The van der Waals surface area contributed by atoms with Crippen LogP contribution in [0.2, 0.25) is 5.02 Å². The van der Waals surface area contributed by atoms with Crippen LogP contribution in [0.3, 0.4) is 0 Å². The maximum absolute atomic E-state index is 16.5. The number of rotatable bonds is 8. The van der Waals surface area contributed by atoms with E-state index in [0.717, 1.165) is 36.4 Å². The van der Waals surface area contributed by atoms with Crippen molar-refractivity contribution in [2.24, 2.45) is 0 Å². The summed E-state index contributed by atoms with van der Waals surface area (Å²) < 4.78 is 143. The fourth-order valence-corrected chi connectivity index (χ4v) is 6.56. The molecular formula is C44H24ClF9N8O4. The van der Waals surface area contributed by atoms with Gasteiger partial charge in [-0.05, 0) is 72.8 Å². The average molecular weight is 935 g/mol. The topological polar surface area (TPSA) is 135 Å². The first-order valence-corrected chi connectivity index (χ1v) is 19.1. The molecule has 8 rings (SSSR count). The maximum Gasteiger partial charge on any atom is 0.417 e. The van der Waals surface area contributed by atoms with Crippen LogP contribution in [-0.4, -0.2) is 32.0 Å². The molecule has 8 aromatic rings. The number of urea groups is 2. The summed E-state index contributed by atoms with van der Waals surface area (Å²) in [7, 11) is 0. The number of halogens is 10. The Morgan fingerprint density at radius 3 is 1.67 bits per heavy atom. The summed E-state index contributed by atoms with van der Waals surface area (Å²) in [6.07, 6.45) is -4.45. The Hall–Kier alpha value is -8.20. The van der Waals surface area contributed by atoms with Crippen LogP contribution in [0.1, 0.15) is 11.1 Å². The molecule has 4 amide bonds. The molecule has 12 nitrogen and oxygen atoms in total. The van der Waals surface area contributed by atoms with Gasteiger partial charge < -0.3 is 20.1 Å². The number of carbonyl (C=O) groups is 2. The molecule has 6 aromatic carbocycles. The van der Waals surface area contributed by atoms with Gasteiger partial charge in [-0.15, -0.1) is 0 Å². The third kappa shape index (κ3) is 9.65. The van der Waals surface area contributed by atoms with Gasteiger partial charge in [0, 0.05) is 66.5 Å². The fraction of sp³-hybridized carbons (Fsp3) is 0.0455. The summed E-state index contributed by atoms with van der Waals surface area (Å²) >= 11 is 5.88. The molecule has 0 saturated carbocycles. The molecule has 2 aromatic heterocycles. The first-order valence-electron chi connectivity index (χ1n) is 18.7. The monoisotopic (exact) mass is 934 g/mol. The highest BCUT2D eigenvalue weighted by Gasteiger charge is 2.38. The molecular weight excluding hydrogens is 911 g/mol. The normalized spacial score (nSPS) is 11.6. The molecule has 0 fully saturated rings. The van der Waals surface area contributed by atoms with Crippen molar-refractivity contribution in [2.45, 2.75) is 12.4 Å². The van der Waals surface area contributed by atoms with Crippen LogP contribution in [0.15, 0.2) is 134 Å². The van der Waals surface area contributed by atoms with Crippen LogP contribution in [0.5, 0.6) is 23.0 Å². The van der Waals surface area contributed by atoms with Gasteiger partial charge in [-0.2, -0.15) is 36.4 Å². The van der Waals surface area contributed by atoms with E-state index in [4.69, 9.17) is 21.1 Å². The van der Waals surface area contributed by atoms with Crippen molar-refractivity contribution in [3.63, 3.8) is 0 Å². The SMILES string of the molecule is O=C(Nc1cc(F)c(Oc2ccc3nccnc3c2)c(F)c1)N(c1ccc(Cl)c(C(F)(F)F)c1)N(C(=O)Nc1cccc(C(F)(F)F)c1)c1ccc(Oc2ccc3nccnc3c2)cc1F. The maximum atomic E-state index is 16.5. The van der Waals surface area contributed by atoms with Crippen molar-refractivity contribution in [1.82, 2.24) is 19.9 Å². The number of nitrogens with zero attached hydrogens (tertiary/aromatic N) is 6. The van der Waals surface area contributed by atoms with Crippen LogP contribution in [0.4, 0.5) is 71.9 Å². The number of alkyl halides is 6. The van der Waals surface area contributed by atoms with Crippen molar-refractivity contribution in [1.29, 1.82) is 0 Å². The fourth-order valence-electron chi connectivity index (χ4n) is 6.34. The lowest BCUT2D eigenvalue weighted by molar-refractivity contribution is -0.138. The molecule has 0 aliphatic heterocycles. The van der Waals surface area contributed by atoms with Gasteiger partial charge in [-0.25, -0.2) is 22.8 Å². The number of hydrogen-bond donors (Lipinski definition) is 2. The number of carbonyl (C=O) groups excluding carboxylic acids is 2. The van der Waals surface area contributed by atoms with Crippen LogP contribution < -0.4 is 30.1 Å². The Balaban J connectivity index is 1.21. The highest BCUT2D eigenvalue weighted by Crippen LogP contribution is 2.40. The Bertz CT molecular complexity index is 3160. The number of hydrazine groups is 1. The second-order valence-corrected chi connectivity index (χ2v) is 14.1. The number of hydrogen-bond acceptors (Lipinski definition) is 8. The number of benzene rings is 6. The third-order valence-electron chi connectivity index (χ3n) is 9.26. The van der Waals surface area contributed by atoms with E-state index in [1.807, 2.05) is 0 Å². The third-order valence-corrected chi connectivity index (χ3v) is 9.59. The quantitative estimate of drug-likeness (QED) is 0.114. The molecule has 0 spiro atoms. The van der Waals surface area contributed by atoms with Gasteiger partial charge >= 0.3 is 24.4 Å². The van der Waals surface area contributed by atoms with Crippen molar-refractivity contribution < 1.29 is 58.6 Å². The predicted molar refractivity (Wildman–Crippen MR) is 223 cm³/mol. The van der Waals surface area contributed by atoms with E-state index in [1.54, 1.807) is 6.07 Å². The van der Waals surface area contributed by atoms with Crippen LogP contribution in [0.25, 0.3) is 22.1 Å². The second kappa shape index (κ2) is 17.8. The van der Waals surface area contributed by atoms with Crippen LogP contribution in [-0.2, 0) is 12.4 Å². The first kappa shape index (κ1) is 44.4. The molecule has 0 aliphatic rings. The van der Waals surface area contributed by atoms with E-state index in [0.29, 0.717) is 58.5 Å².